The van der Waals surface area contributed by atoms with Crippen LogP contribution in [0.2, 0.25) is 0 Å². The van der Waals surface area contributed by atoms with Crippen LogP contribution in [0.3, 0.4) is 0 Å². The highest BCUT2D eigenvalue weighted by Gasteiger charge is 2.12. The normalized spacial score (nSPS) is 11.5. The summed E-state index contributed by atoms with van der Waals surface area (Å²) in [6.45, 7) is 2.66. The molecule has 2 aromatic rings. The molecular formula is C16H21ClN2OS2. The molecule has 1 heterocycles. The van der Waals surface area contributed by atoms with E-state index in [-0.39, 0.29) is 24.4 Å². The Labute approximate surface area is 146 Å². The van der Waals surface area contributed by atoms with Crippen molar-refractivity contribution in [1.29, 1.82) is 0 Å². The van der Waals surface area contributed by atoms with Gasteiger partial charge >= 0.3 is 0 Å². The molecule has 1 aromatic carbocycles. The molecule has 0 aliphatic carbocycles. The van der Waals surface area contributed by atoms with Crippen molar-refractivity contribution in [3.8, 4) is 0 Å². The predicted octanol–water partition coefficient (Wildman–Crippen LogP) is 3.80. The number of hydrogen-bond donors (Lipinski definition) is 2. The Morgan fingerprint density at radius 3 is 2.73 bits per heavy atom. The number of thioether (sulfide) groups is 1. The third kappa shape index (κ3) is 5.65. The second-order valence-electron chi connectivity index (χ2n) is 4.76. The van der Waals surface area contributed by atoms with E-state index in [0.717, 1.165) is 16.2 Å². The van der Waals surface area contributed by atoms with Crippen LogP contribution in [0.1, 0.15) is 22.2 Å². The van der Waals surface area contributed by atoms with Gasteiger partial charge in [0.05, 0.1) is 5.56 Å². The van der Waals surface area contributed by atoms with E-state index < -0.39 is 0 Å². The van der Waals surface area contributed by atoms with Gasteiger partial charge in [-0.3, -0.25) is 4.79 Å². The van der Waals surface area contributed by atoms with Crippen LogP contribution in [0.5, 0.6) is 0 Å². The van der Waals surface area contributed by atoms with Crippen molar-refractivity contribution in [3.63, 3.8) is 0 Å². The van der Waals surface area contributed by atoms with E-state index in [1.165, 1.54) is 4.88 Å². The molecule has 0 radical (unpaired) electrons. The topological polar surface area (TPSA) is 41.1 Å². The van der Waals surface area contributed by atoms with Crippen LogP contribution < -0.4 is 10.6 Å². The van der Waals surface area contributed by atoms with Crippen molar-refractivity contribution in [2.75, 3.05) is 13.6 Å². The lowest BCUT2D eigenvalue weighted by atomic mass is 10.2. The molecule has 2 rings (SSSR count). The highest BCUT2D eigenvalue weighted by atomic mass is 35.5. The summed E-state index contributed by atoms with van der Waals surface area (Å²) in [6, 6.07) is 12.2. The zero-order valence-electron chi connectivity index (χ0n) is 12.7. The van der Waals surface area contributed by atoms with Crippen LogP contribution in [0, 0.1) is 0 Å². The second-order valence-corrected chi connectivity index (χ2v) is 6.81. The monoisotopic (exact) mass is 356 g/mol. The maximum Gasteiger partial charge on any atom is 0.252 e. The average molecular weight is 357 g/mol. The minimum atomic E-state index is -0.00798. The fourth-order valence-electron chi connectivity index (χ4n) is 1.77. The van der Waals surface area contributed by atoms with E-state index in [4.69, 9.17) is 0 Å². The highest BCUT2D eigenvalue weighted by Crippen LogP contribution is 2.27. The Hall–Kier alpha value is -1.01. The second kappa shape index (κ2) is 9.90. The fourth-order valence-corrected chi connectivity index (χ4v) is 3.59. The molecule has 1 amide bonds. The Kier molecular flexibility index (Phi) is 8.56. The van der Waals surface area contributed by atoms with Crippen LogP contribution in [0.4, 0.5) is 0 Å². The highest BCUT2D eigenvalue weighted by molar-refractivity contribution is 7.98. The molecule has 0 aliphatic rings. The number of hydrogen-bond acceptors (Lipinski definition) is 4. The Balaban J connectivity index is 0.00000242. The summed E-state index contributed by atoms with van der Waals surface area (Å²) >= 11 is 3.45. The van der Waals surface area contributed by atoms with Gasteiger partial charge in [0.1, 0.15) is 0 Å². The molecule has 0 spiro atoms. The number of carbonyl (C=O) groups is 1. The standard InChI is InChI=1S/C16H20N2OS2.ClH/c1-12(17-2)10-18-16(19)14-7-3-4-8-15(14)21-11-13-6-5-9-20-13;/h3-9,12,17H,10-11H2,1-2H3,(H,18,19);1H. The summed E-state index contributed by atoms with van der Waals surface area (Å²) < 4.78 is 0. The quantitative estimate of drug-likeness (QED) is 0.741. The van der Waals surface area contributed by atoms with Gasteiger partial charge in [-0.15, -0.1) is 35.5 Å². The van der Waals surface area contributed by atoms with Gasteiger partial charge in [-0.05, 0) is 37.6 Å². The minimum absolute atomic E-state index is 0. The number of halogens is 1. The van der Waals surface area contributed by atoms with Crippen LogP contribution >= 0.6 is 35.5 Å². The molecule has 2 N–H and O–H groups in total. The molecule has 120 valence electrons. The van der Waals surface area contributed by atoms with Gasteiger partial charge in [0.15, 0.2) is 0 Å². The lowest BCUT2D eigenvalue weighted by Crippen LogP contribution is -2.37. The predicted molar refractivity (Wildman–Crippen MR) is 98.4 cm³/mol. The van der Waals surface area contributed by atoms with Gasteiger partial charge < -0.3 is 10.6 Å². The smallest absolute Gasteiger partial charge is 0.252 e. The summed E-state index contributed by atoms with van der Waals surface area (Å²) in [5, 5.41) is 8.16. The largest absolute Gasteiger partial charge is 0.350 e. The van der Waals surface area contributed by atoms with Gasteiger partial charge in [0, 0.05) is 28.1 Å². The molecule has 22 heavy (non-hydrogen) atoms. The van der Waals surface area contributed by atoms with E-state index >= 15 is 0 Å². The summed E-state index contributed by atoms with van der Waals surface area (Å²) in [6.07, 6.45) is 0. The fraction of sp³-hybridized carbons (Fsp3) is 0.312. The summed E-state index contributed by atoms with van der Waals surface area (Å²) in [7, 11) is 1.89. The third-order valence-corrected chi connectivity index (χ3v) is 5.32. The van der Waals surface area contributed by atoms with Crippen molar-refractivity contribution < 1.29 is 4.79 Å². The van der Waals surface area contributed by atoms with Crippen LogP contribution in [0.15, 0.2) is 46.7 Å². The van der Waals surface area contributed by atoms with Gasteiger partial charge in [-0.2, -0.15) is 0 Å². The Bertz CT molecular complexity index is 575. The first-order valence-electron chi connectivity index (χ1n) is 6.90. The molecule has 6 heteroatoms. The SMILES string of the molecule is CNC(C)CNC(=O)c1ccccc1SCc1cccs1.Cl. The zero-order chi connectivity index (χ0) is 15.1. The lowest BCUT2D eigenvalue weighted by Gasteiger charge is -2.13. The zero-order valence-corrected chi connectivity index (χ0v) is 15.1. The number of thiophene rings is 1. The van der Waals surface area contributed by atoms with Crippen molar-refractivity contribution >= 4 is 41.4 Å². The van der Waals surface area contributed by atoms with Gasteiger partial charge in [-0.25, -0.2) is 0 Å². The van der Waals surface area contributed by atoms with E-state index in [2.05, 4.69) is 28.1 Å². The molecule has 0 saturated heterocycles. The number of carbonyl (C=O) groups excluding carboxylic acids is 1. The first kappa shape index (κ1) is 19.0. The minimum Gasteiger partial charge on any atom is -0.350 e. The van der Waals surface area contributed by atoms with Crippen molar-refractivity contribution in [2.24, 2.45) is 0 Å². The molecule has 1 atom stereocenters. The third-order valence-electron chi connectivity index (χ3n) is 3.14. The average Bonchev–Trinajstić information content (AvgIpc) is 3.04. The van der Waals surface area contributed by atoms with Crippen LogP contribution in [-0.2, 0) is 5.75 Å². The molecule has 0 saturated carbocycles. The number of amides is 1. The lowest BCUT2D eigenvalue weighted by molar-refractivity contribution is 0.0947. The van der Waals surface area contributed by atoms with E-state index in [9.17, 15) is 4.79 Å². The Morgan fingerprint density at radius 2 is 2.05 bits per heavy atom. The van der Waals surface area contributed by atoms with E-state index in [0.29, 0.717) is 6.54 Å². The molecule has 0 aliphatic heterocycles. The van der Waals surface area contributed by atoms with Gasteiger partial charge in [0.25, 0.3) is 5.91 Å². The molecule has 3 nitrogen and oxygen atoms in total. The van der Waals surface area contributed by atoms with Crippen molar-refractivity contribution in [1.82, 2.24) is 10.6 Å². The molecule has 1 aromatic heterocycles. The van der Waals surface area contributed by atoms with Gasteiger partial charge in [-0.1, -0.05) is 18.2 Å². The first-order chi connectivity index (χ1) is 10.2. The molecule has 1 unspecified atom stereocenters. The molecule has 0 bridgehead atoms. The number of likely N-dealkylation sites (N-methyl/N-ethyl adjacent to an activating group) is 1. The van der Waals surface area contributed by atoms with E-state index in [1.807, 2.05) is 38.2 Å². The first-order valence-corrected chi connectivity index (χ1v) is 8.77. The summed E-state index contributed by atoms with van der Waals surface area (Å²) in [5.74, 6) is 0.890. The van der Waals surface area contributed by atoms with Crippen LogP contribution in [0.25, 0.3) is 0 Å². The van der Waals surface area contributed by atoms with Crippen molar-refractivity contribution in [3.05, 3.63) is 52.2 Å². The maximum absolute atomic E-state index is 12.3. The maximum atomic E-state index is 12.3. The number of rotatable bonds is 7. The summed E-state index contributed by atoms with van der Waals surface area (Å²) in [5.41, 5.74) is 0.752. The molecule has 0 fully saturated rings. The van der Waals surface area contributed by atoms with E-state index in [1.54, 1.807) is 23.1 Å². The summed E-state index contributed by atoms with van der Waals surface area (Å²) in [4.78, 5) is 14.6. The Morgan fingerprint density at radius 1 is 1.27 bits per heavy atom. The molecular weight excluding hydrogens is 336 g/mol. The van der Waals surface area contributed by atoms with Crippen molar-refractivity contribution in [2.45, 2.75) is 23.6 Å². The van der Waals surface area contributed by atoms with Gasteiger partial charge in [0.2, 0.25) is 0 Å². The van der Waals surface area contributed by atoms with Crippen LogP contribution in [-0.4, -0.2) is 25.5 Å². The number of nitrogens with one attached hydrogen (secondary N) is 2. The number of benzene rings is 1.